The number of benzene rings is 2. The van der Waals surface area contributed by atoms with E-state index in [0.717, 1.165) is 5.56 Å². The predicted molar refractivity (Wildman–Crippen MR) is 82.1 cm³/mol. The van der Waals surface area contributed by atoms with E-state index >= 15 is 0 Å². The van der Waals surface area contributed by atoms with Gasteiger partial charge in [-0.15, -0.1) is 0 Å². The van der Waals surface area contributed by atoms with Gasteiger partial charge >= 0.3 is 5.97 Å². The number of esters is 1. The Bertz CT molecular complexity index is 660. The second kappa shape index (κ2) is 6.84. The summed E-state index contributed by atoms with van der Waals surface area (Å²) in [6.07, 6.45) is 1.38. The van der Waals surface area contributed by atoms with Crippen LogP contribution < -0.4 is 0 Å². The average molecular weight is 284 g/mol. The maximum Gasteiger partial charge on any atom is 0.331 e. The first kappa shape index (κ1) is 15.0. The van der Waals surface area contributed by atoms with Gasteiger partial charge in [-0.25, -0.2) is 9.18 Å². The zero-order chi connectivity index (χ0) is 15.2. The van der Waals surface area contributed by atoms with E-state index in [9.17, 15) is 9.18 Å². The highest BCUT2D eigenvalue weighted by molar-refractivity contribution is 5.91. The zero-order valence-electron chi connectivity index (χ0n) is 12.1. The summed E-state index contributed by atoms with van der Waals surface area (Å²) in [7, 11) is 0. The zero-order valence-corrected chi connectivity index (χ0v) is 12.1. The van der Waals surface area contributed by atoms with Gasteiger partial charge in [-0.3, -0.25) is 0 Å². The summed E-state index contributed by atoms with van der Waals surface area (Å²) in [5.41, 5.74) is 2.71. The summed E-state index contributed by atoms with van der Waals surface area (Å²) >= 11 is 0. The monoisotopic (exact) mass is 284 g/mol. The first-order valence-corrected chi connectivity index (χ1v) is 6.82. The van der Waals surface area contributed by atoms with Gasteiger partial charge in [0.15, 0.2) is 0 Å². The number of hydrogen-bond acceptors (Lipinski definition) is 2. The van der Waals surface area contributed by atoms with E-state index in [2.05, 4.69) is 0 Å². The molecule has 0 amide bonds. The Balaban J connectivity index is 2.29. The third kappa shape index (κ3) is 3.78. The molecule has 21 heavy (non-hydrogen) atoms. The molecule has 0 heterocycles. The van der Waals surface area contributed by atoms with Crippen molar-refractivity contribution in [2.24, 2.45) is 0 Å². The molecule has 0 aliphatic heterocycles. The molecule has 0 aliphatic carbocycles. The first-order valence-electron chi connectivity index (χ1n) is 6.82. The fourth-order valence-electron chi connectivity index (χ4n) is 2.06. The highest BCUT2D eigenvalue weighted by atomic mass is 19.1. The fourth-order valence-corrected chi connectivity index (χ4v) is 2.06. The van der Waals surface area contributed by atoms with E-state index in [4.69, 9.17) is 4.74 Å². The van der Waals surface area contributed by atoms with Crippen LogP contribution in [0, 0.1) is 5.82 Å². The van der Waals surface area contributed by atoms with Gasteiger partial charge in [0.1, 0.15) is 5.82 Å². The molecule has 108 valence electrons. The fraction of sp³-hybridized carbons (Fsp3) is 0.167. The van der Waals surface area contributed by atoms with Crippen molar-refractivity contribution in [3.05, 3.63) is 66.0 Å². The number of carbonyl (C=O) groups is 1. The Morgan fingerprint density at radius 1 is 1.19 bits per heavy atom. The summed E-state index contributed by atoms with van der Waals surface area (Å²) in [4.78, 5) is 11.4. The van der Waals surface area contributed by atoms with Crippen LogP contribution in [-0.2, 0) is 9.53 Å². The minimum Gasteiger partial charge on any atom is -0.463 e. The van der Waals surface area contributed by atoms with E-state index in [1.165, 1.54) is 12.1 Å². The van der Waals surface area contributed by atoms with Crippen LogP contribution >= 0.6 is 0 Å². The standard InChI is InChI=1S/C18H17FO2/c1-3-21-18(20)11-13(2)15-9-10-16(17(19)12-15)14-7-5-4-6-8-14/h4-12H,3H2,1-2H3. The summed E-state index contributed by atoms with van der Waals surface area (Å²) in [6, 6.07) is 14.3. The number of rotatable bonds is 4. The summed E-state index contributed by atoms with van der Waals surface area (Å²) in [5.74, 6) is -0.724. The van der Waals surface area contributed by atoms with Crippen LogP contribution in [0.1, 0.15) is 19.4 Å². The molecular weight excluding hydrogens is 267 g/mol. The molecule has 0 aromatic heterocycles. The van der Waals surface area contributed by atoms with Gasteiger partial charge in [-0.1, -0.05) is 42.5 Å². The average Bonchev–Trinajstić information content (AvgIpc) is 2.48. The smallest absolute Gasteiger partial charge is 0.331 e. The Hall–Kier alpha value is -2.42. The summed E-state index contributed by atoms with van der Waals surface area (Å²) in [5, 5.41) is 0. The molecule has 2 rings (SSSR count). The number of ether oxygens (including phenoxy) is 1. The third-order valence-electron chi connectivity index (χ3n) is 3.13. The van der Waals surface area contributed by atoms with Crippen LogP contribution in [0.25, 0.3) is 16.7 Å². The minimum absolute atomic E-state index is 0.310. The van der Waals surface area contributed by atoms with Crippen molar-refractivity contribution in [3.63, 3.8) is 0 Å². The molecule has 0 aliphatic rings. The van der Waals surface area contributed by atoms with E-state index in [1.54, 1.807) is 26.0 Å². The molecule has 0 atom stereocenters. The van der Waals surface area contributed by atoms with Gasteiger partial charge in [-0.05, 0) is 36.6 Å². The molecule has 0 saturated carbocycles. The lowest BCUT2D eigenvalue weighted by atomic mass is 10.00. The van der Waals surface area contributed by atoms with Crippen molar-refractivity contribution in [1.29, 1.82) is 0 Å². The van der Waals surface area contributed by atoms with E-state index in [0.29, 0.717) is 23.3 Å². The molecule has 0 unspecified atom stereocenters. The van der Waals surface area contributed by atoms with Gasteiger partial charge in [0.25, 0.3) is 0 Å². The Labute approximate surface area is 123 Å². The van der Waals surface area contributed by atoms with Gasteiger partial charge < -0.3 is 4.74 Å². The van der Waals surface area contributed by atoms with Crippen LogP contribution in [-0.4, -0.2) is 12.6 Å². The Morgan fingerprint density at radius 3 is 2.52 bits per heavy atom. The molecule has 2 nitrogen and oxygen atoms in total. The number of allylic oxidation sites excluding steroid dienone is 1. The molecule has 0 saturated heterocycles. The SMILES string of the molecule is CCOC(=O)C=C(C)c1ccc(-c2ccccc2)c(F)c1. The molecule has 0 N–H and O–H groups in total. The molecule has 2 aromatic carbocycles. The van der Waals surface area contributed by atoms with Crippen molar-refractivity contribution in [2.45, 2.75) is 13.8 Å². The second-order valence-corrected chi connectivity index (χ2v) is 4.64. The first-order chi connectivity index (χ1) is 10.1. The van der Waals surface area contributed by atoms with Crippen molar-refractivity contribution in [2.75, 3.05) is 6.61 Å². The topological polar surface area (TPSA) is 26.3 Å². The Kier molecular flexibility index (Phi) is 4.88. The molecular formula is C18H17FO2. The van der Waals surface area contributed by atoms with Crippen molar-refractivity contribution in [3.8, 4) is 11.1 Å². The van der Waals surface area contributed by atoms with Gasteiger partial charge in [-0.2, -0.15) is 0 Å². The highest BCUT2D eigenvalue weighted by Gasteiger charge is 2.08. The van der Waals surface area contributed by atoms with Crippen molar-refractivity contribution >= 4 is 11.5 Å². The van der Waals surface area contributed by atoms with Crippen LogP contribution in [0.5, 0.6) is 0 Å². The molecule has 0 radical (unpaired) electrons. The van der Waals surface area contributed by atoms with Crippen molar-refractivity contribution in [1.82, 2.24) is 0 Å². The minimum atomic E-state index is -0.414. The molecule has 0 spiro atoms. The molecule has 0 bridgehead atoms. The summed E-state index contributed by atoms with van der Waals surface area (Å²) in [6.45, 7) is 3.83. The Morgan fingerprint density at radius 2 is 1.90 bits per heavy atom. The van der Waals surface area contributed by atoms with Crippen molar-refractivity contribution < 1.29 is 13.9 Å². The van der Waals surface area contributed by atoms with Gasteiger partial charge in [0.2, 0.25) is 0 Å². The number of halogens is 1. The lowest BCUT2D eigenvalue weighted by molar-refractivity contribution is -0.137. The quantitative estimate of drug-likeness (QED) is 0.612. The van der Waals surface area contributed by atoms with Gasteiger partial charge in [0, 0.05) is 11.6 Å². The lowest BCUT2D eigenvalue weighted by Crippen LogP contribution is -2.00. The van der Waals surface area contributed by atoms with E-state index in [1.807, 2.05) is 30.3 Å². The van der Waals surface area contributed by atoms with E-state index in [-0.39, 0.29) is 5.82 Å². The second-order valence-electron chi connectivity index (χ2n) is 4.64. The van der Waals surface area contributed by atoms with E-state index < -0.39 is 5.97 Å². The lowest BCUT2D eigenvalue weighted by Gasteiger charge is -2.07. The van der Waals surface area contributed by atoms with Crippen LogP contribution in [0.3, 0.4) is 0 Å². The van der Waals surface area contributed by atoms with Crippen LogP contribution in [0.4, 0.5) is 4.39 Å². The van der Waals surface area contributed by atoms with Gasteiger partial charge in [0.05, 0.1) is 6.61 Å². The molecule has 0 fully saturated rings. The normalized spacial score (nSPS) is 11.3. The molecule has 3 heteroatoms. The maximum atomic E-state index is 14.2. The predicted octanol–water partition coefficient (Wildman–Crippen LogP) is 4.46. The van der Waals surface area contributed by atoms with Crippen LogP contribution in [0.15, 0.2) is 54.6 Å². The summed E-state index contributed by atoms with van der Waals surface area (Å²) < 4.78 is 19.1. The number of carbonyl (C=O) groups excluding carboxylic acids is 1. The number of hydrogen-bond donors (Lipinski definition) is 0. The highest BCUT2D eigenvalue weighted by Crippen LogP contribution is 2.25. The largest absolute Gasteiger partial charge is 0.463 e. The maximum absolute atomic E-state index is 14.2. The van der Waals surface area contributed by atoms with Crippen LogP contribution in [0.2, 0.25) is 0 Å². The third-order valence-corrected chi connectivity index (χ3v) is 3.13. The molecule has 2 aromatic rings.